The first-order valence-electron chi connectivity index (χ1n) is 14.5. The molecule has 0 bridgehead atoms. The third kappa shape index (κ3) is 9.04. The van der Waals surface area contributed by atoms with E-state index in [0.717, 1.165) is 0 Å². The minimum Gasteiger partial charge on any atom is -0.0587 e. The predicted molar refractivity (Wildman–Crippen MR) is 162 cm³/mol. The van der Waals surface area contributed by atoms with E-state index in [9.17, 15) is 0 Å². The van der Waals surface area contributed by atoms with Crippen LogP contribution in [0.2, 0.25) is 0 Å². The van der Waals surface area contributed by atoms with Crippen molar-refractivity contribution >= 4 is 0 Å². The van der Waals surface area contributed by atoms with Gasteiger partial charge >= 0.3 is 0 Å². The van der Waals surface area contributed by atoms with Crippen LogP contribution in [-0.2, 0) is 12.8 Å². The van der Waals surface area contributed by atoms with E-state index < -0.39 is 0 Å². The SMILES string of the molecule is Cc1ccc(-c2ccc(CCCCCCCCCCCc3ccc(-c4ccc(C)cc4)cc3)cc2)cc1. The lowest BCUT2D eigenvalue weighted by atomic mass is 9.99. The molecular formula is C37H44. The summed E-state index contributed by atoms with van der Waals surface area (Å²) in [5.41, 5.74) is 10.8. The van der Waals surface area contributed by atoms with Gasteiger partial charge in [-0.05, 0) is 72.9 Å². The van der Waals surface area contributed by atoms with Crippen LogP contribution in [0.25, 0.3) is 22.3 Å². The van der Waals surface area contributed by atoms with Crippen LogP contribution in [0.3, 0.4) is 0 Å². The molecule has 0 saturated carbocycles. The van der Waals surface area contributed by atoms with Gasteiger partial charge in [-0.25, -0.2) is 0 Å². The summed E-state index contributed by atoms with van der Waals surface area (Å²) in [6.45, 7) is 4.28. The Labute approximate surface area is 225 Å². The van der Waals surface area contributed by atoms with E-state index in [1.165, 1.54) is 115 Å². The van der Waals surface area contributed by atoms with Crippen LogP contribution in [0.4, 0.5) is 0 Å². The summed E-state index contributed by atoms with van der Waals surface area (Å²) >= 11 is 0. The van der Waals surface area contributed by atoms with Gasteiger partial charge in [-0.1, -0.05) is 153 Å². The van der Waals surface area contributed by atoms with Crippen LogP contribution < -0.4 is 0 Å². The molecule has 0 atom stereocenters. The summed E-state index contributed by atoms with van der Waals surface area (Å²) < 4.78 is 0. The molecule has 37 heavy (non-hydrogen) atoms. The number of hydrogen-bond donors (Lipinski definition) is 0. The Balaban J connectivity index is 1.00. The second kappa shape index (κ2) is 14.6. The standard InChI is InChI=1S/C37H44/c1-30-14-22-34(23-15-30)36-26-18-32(19-27-36)12-10-8-6-4-3-5-7-9-11-13-33-20-28-37(29-21-33)35-24-16-31(2)17-25-35/h14-29H,3-13H2,1-2H3. The van der Waals surface area contributed by atoms with E-state index in [2.05, 4.69) is 111 Å². The maximum atomic E-state index is 2.31. The first-order valence-corrected chi connectivity index (χ1v) is 14.5. The Morgan fingerprint density at radius 3 is 0.838 bits per heavy atom. The van der Waals surface area contributed by atoms with Gasteiger partial charge in [-0.3, -0.25) is 0 Å². The smallest absolute Gasteiger partial charge is 0.0184 e. The van der Waals surface area contributed by atoms with Crippen molar-refractivity contribution in [1.82, 2.24) is 0 Å². The van der Waals surface area contributed by atoms with Crippen LogP contribution in [0, 0.1) is 13.8 Å². The van der Waals surface area contributed by atoms with E-state index in [1.807, 2.05) is 0 Å². The zero-order valence-electron chi connectivity index (χ0n) is 23.0. The van der Waals surface area contributed by atoms with Crippen LogP contribution in [0.15, 0.2) is 97.1 Å². The van der Waals surface area contributed by atoms with Gasteiger partial charge in [0.05, 0.1) is 0 Å². The molecule has 4 aromatic carbocycles. The fraction of sp³-hybridized carbons (Fsp3) is 0.351. The van der Waals surface area contributed by atoms with Crippen LogP contribution in [0.1, 0.15) is 80.0 Å². The summed E-state index contributed by atoms with van der Waals surface area (Å²) in [7, 11) is 0. The largest absolute Gasteiger partial charge is 0.0587 e. The average Bonchev–Trinajstić information content (AvgIpc) is 2.93. The minimum absolute atomic E-state index is 1.21. The van der Waals surface area contributed by atoms with Crippen LogP contribution in [-0.4, -0.2) is 0 Å². The van der Waals surface area contributed by atoms with Crippen molar-refractivity contribution in [3.63, 3.8) is 0 Å². The molecule has 0 saturated heterocycles. The van der Waals surface area contributed by atoms with E-state index >= 15 is 0 Å². The highest BCUT2D eigenvalue weighted by Gasteiger charge is 2.01. The average molecular weight is 489 g/mol. The molecule has 4 aromatic rings. The third-order valence-corrected chi connectivity index (χ3v) is 7.61. The molecule has 0 aromatic heterocycles. The molecule has 0 fully saturated rings. The summed E-state index contributed by atoms with van der Waals surface area (Å²) in [6.07, 6.45) is 14.7. The number of rotatable bonds is 14. The Kier molecular flexibility index (Phi) is 10.6. The molecule has 0 heterocycles. The maximum absolute atomic E-state index is 2.31. The number of benzene rings is 4. The fourth-order valence-electron chi connectivity index (χ4n) is 5.12. The number of hydrogen-bond acceptors (Lipinski definition) is 0. The third-order valence-electron chi connectivity index (χ3n) is 7.61. The highest BCUT2D eigenvalue weighted by atomic mass is 14.1. The molecule has 0 N–H and O–H groups in total. The van der Waals surface area contributed by atoms with Gasteiger partial charge < -0.3 is 0 Å². The highest BCUT2D eigenvalue weighted by Crippen LogP contribution is 2.22. The van der Waals surface area contributed by atoms with Crippen LogP contribution >= 0.6 is 0 Å². The summed E-state index contributed by atoms with van der Waals surface area (Å²) in [5.74, 6) is 0. The van der Waals surface area contributed by atoms with Gasteiger partial charge in [0.1, 0.15) is 0 Å². The van der Waals surface area contributed by atoms with Gasteiger partial charge in [0.2, 0.25) is 0 Å². The van der Waals surface area contributed by atoms with Gasteiger partial charge in [-0.15, -0.1) is 0 Å². The predicted octanol–water partition coefficient (Wildman–Crippen LogP) is 10.9. The Morgan fingerprint density at radius 1 is 0.297 bits per heavy atom. The van der Waals surface area contributed by atoms with Crippen molar-refractivity contribution in [2.75, 3.05) is 0 Å². The summed E-state index contributed by atoms with van der Waals surface area (Å²) in [5, 5.41) is 0. The van der Waals surface area contributed by atoms with E-state index in [-0.39, 0.29) is 0 Å². The minimum atomic E-state index is 1.21. The molecule has 0 heteroatoms. The van der Waals surface area contributed by atoms with Crippen molar-refractivity contribution in [2.45, 2.75) is 84.5 Å². The second-order valence-corrected chi connectivity index (χ2v) is 10.8. The first kappa shape index (κ1) is 26.9. The molecule has 4 rings (SSSR count). The molecule has 0 radical (unpaired) electrons. The number of unbranched alkanes of at least 4 members (excludes halogenated alkanes) is 8. The van der Waals surface area contributed by atoms with Gasteiger partial charge in [-0.2, -0.15) is 0 Å². The Morgan fingerprint density at radius 2 is 0.541 bits per heavy atom. The molecule has 0 aliphatic heterocycles. The Bertz CT molecular complexity index is 1070. The summed E-state index contributed by atoms with van der Waals surface area (Å²) in [4.78, 5) is 0. The lowest BCUT2D eigenvalue weighted by Gasteiger charge is -2.06. The second-order valence-electron chi connectivity index (χ2n) is 10.8. The van der Waals surface area contributed by atoms with Gasteiger partial charge in [0, 0.05) is 0 Å². The van der Waals surface area contributed by atoms with Crippen molar-refractivity contribution in [2.24, 2.45) is 0 Å². The van der Waals surface area contributed by atoms with Gasteiger partial charge in [0.25, 0.3) is 0 Å². The van der Waals surface area contributed by atoms with Crippen molar-refractivity contribution < 1.29 is 0 Å². The normalized spacial score (nSPS) is 11.1. The van der Waals surface area contributed by atoms with Crippen molar-refractivity contribution in [3.05, 3.63) is 119 Å². The molecule has 0 amide bonds. The highest BCUT2D eigenvalue weighted by molar-refractivity contribution is 5.64. The zero-order valence-corrected chi connectivity index (χ0v) is 23.0. The molecule has 0 aliphatic rings. The molecular weight excluding hydrogens is 444 g/mol. The maximum Gasteiger partial charge on any atom is -0.0184 e. The molecule has 0 unspecified atom stereocenters. The van der Waals surface area contributed by atoms with E-state index in [4.69, 9.17) is 0 Å². The molecule has 0 nitrogen and oxygen atoms in total. The molecule has 0 aliphatic carbocycles. The quantitative estimate of drug-likeness (QED) is 0.155. The Hall–Kier alpha value is -3.12. The van der Waals surface area contributed by atoms with Crippen molar-refractivity contribution in [1.29, 1.82) is 0 Å². The first-order chi connectivity index (χ1) is 18.2. The lowest BCUT2D eigenvalue weighted by Crippen LogP contribution is -1.88. The lowest BCUT2D eigenvalue weighted by molar-refractivity contribution is 0.558. The number of aryl methyl sites for hydroxylation is 4. The van der Waals surface area contributed by atoms with E-state index in [1.54, 1.807) is 0 Å². The topological polar surface area (TPSA) is 0 Å². The van der Waals surface area contributed by atoms with Gasteiger partial charge in [0.15, 0.2) is 0 Å². The monoisotopic (exact) mass is 488 g/mol. The van der Waals surface area contributed by atoms with Crippen LogP contribution in [0.5, 0.6) is 0 Å². The van der Waals surface area contributed by atoms with E-state index in [0.29, 0.717) is 0 Å². The fourth-order valence-corrected chi connectivity index (χ4v) is 5.12. The summed E-state index contributed by atoms with van der Waals surface area (Å²) in [6, 6.07) is 36.0. The van der Waals surface area contributed by atoms with Crippen molar-refractivity contribution in [3.8, 4) is 22.3 Å². The molecule has 0 spiro atoms. The molecule has 192 valence electrons. The zero-order chi connectivity index (χ0) is 25.7.